The van der Waals surface area contributed by atoms with Gasteiger partial charge < -0.3 is 19.5 Å². The van der Waals surface area contributed by atoms with Crippen molar-refractivity contribution < 1.29 is 23.8 Å². The van der Waals surface area contributed by atoms with Gasteiger partial charge in [0, 0.05) is 16.6 Å². The fourth-order valence-corrected chi connectivity index (χ4v) is 3.57. The van der Waals surface area contributed by atoms with Crippen molar-refractivity contribution in [2.75, 3.05) is 19.2 Å². The van der Waals surface area contributed by atoms with Crippen LogP contribution in [-0.2, 0) is 4.74 Å². The van der Waals surface area contributed by atoms with Crippen molar-refractivity contribution in [2.45, 2.75) is 0 Å². The molecule has 7 heteroatoms. The Kier molecular flexibility index (Phi) is 4.91. The van der Waals surface area contributed by atoms with Crippen LogP contribution in [0, 0.1) is 0 Å². The lowest BCUT2D eigenvalue weighted by molar-refractivity contribution is 0.0600. The number of nitrogens with zero attached hydrogens (tertiary/aromatic N) is 1. The molecule has 7 nitrogen and oxygen atoms in total. The third kappa shape index (κ3) is 3.60. The van der Waals surface area contributed by atoms with Gasteiger partial charge in [-0.15, -0.1) is 0 Å². The lowest BCUT2D eigenvalue weighted by Crippen LogP contribution is -2.13. The van der Waals surface area contributed by atoms with Gasteiger partial charge >= 0.3 is 5.97 Å². The van der Waals surface area contributed by atoms with Gasteiger partial charge in [-0.25, -0.2) is 9.78 Å². The molecule has 3 aromatic carbocycles. The number of anilines is 1. The third-order valence-corrected chi connectivity index (χ3v) is 5.19. The Morgan fingerprint density at radius 3 is 2.53 bits per heavy atom. The number of nitrogens with one attached hydrogen (secondary N) is 1. The summed E-state index contributed by atoms with van der Waals surface area (Å²) < 4.78 is 15.6. The van der Waals surface area contributed by atoms with Crippen molar-refractivity contribution >= 4 is 28.5 Å². The molecule has 1 aliphatic rings. The molecule has 0 fully saturated rings. The lowest BCUT2D eigenvalue weighted by Gasteiger charge is -2.11. The number of rotatable bonds is 4. The van der Waals surface area contributed by atoms with Crippen LogP contribution in [-0.4, -0.2) is 30.8 Å². The molecule has 32 heavy (non-hydrogen) atoms. The highest BCUT2D eigenvalue weighted by Crippen LogP contribution is 2.36. The van der Waals surface area contributed by atoms with Gasteiger partial charge in [0.25, 0.3) is 5.91 Å². The van der Waals surface area contributed by atoms with Crippen LogP contribution < -0.4 is 14.8 Å². The van der Waals surface area contributed by atoms with E-state index in [0.717, 1.165) is 10.9 Å². The van der Waals surface area contributed by atoms with Crippen LogP contribution >= 0.6 is 0 Å². The number of hydrogen-bond donors (Lipinski definition) is 1. The summed E-state index contributed by atoms with van der Waals surface area (Å²) in [6, 6.07) is 21.3. The number of methoxy groups -OCH3 is 1. The second-order valence-corrected chi connectivity index (χ2v) is 7.16. The molecular weight excluding hydrogens is 408 g/mol. The van der Waals surface area contributed by atoms with Gasteiger partial charge in [0.2, 0.25) is 6.79 Å². The number of ether oxygens (including phenoxy) is 3. The monoisotopic (exact) mass is 426 g/mol. The smallest absolute Gasteiger partial charge is 0.337 e. The second kappa shape index (κ2) is 8.03. The summed E-state index contributed by atoms with van der Waals surface area (Å²) in [7, 11) is 1.32. The number of carbonyl (C=O) groups excluding carboxylic acids is 2. The average molecular weight is 426 g/mol. The minimum Gasteiger partial charge on any atom is -0.465 e. The van der Waals surface area contributed by atoms with Crippen molar-refractivity contribution in [3.8, 4) is 22.8 Å². The molecule has 1 amide bonds. The molecule has 0 unspecified atom stereocenters. The van der Waals surface area contributed by atoms with Gasteiger partial charge in [-0.05, 0) is 54.6 Å². The maximum atomic E-state index is 13.2. The first-order valence-corrected chi connectivity index (χ1v) is 9.92. The first-order valence-electron chi connectivity index (χ1n) is 9.92. The number of hydrogen-bond acceptors (Lipinski definition) is 6. The largest absolute Gasteiger partial charge is 0.465 e. The number of aromatic nitrogens is 1. The van der Waals surface area contributed by atoms with Crippen LogP contribution in [0.3, 0.4) is 0 Å². The molecule has 1 aromatic heterocycles. The first-order chi connectivity index (χ1) is 15.6. The summed E-state index contributed by atoms with van der Waals surface area (Å²) in [5.41, 5.74) is 3.62. The van der Waals surface area contributed by atoms with E-state index in [2.05, 4.69) is 5.32 Å². The van der Waals surface area contributed by atoms with E-state index in [-0.39, 0.29) is 12.7 Å². The summed E-state index contributed by atoms with van der Waals surface area (Å²) in [6.45, 7) is 0.187. The Labute approximate surface area is 183 Å². The highest BCUT2D eigenvalue weighted by molar-refractivity contribution is 6.13. The van der Waals surface area contributed by atoms with Crippen LogP contribution in [0.2, 0.25) is 0 Å². The standard InChI is InChI=1S/C25H18N2O5/c1-30-25(29)15-6-9-17(10-7-15)26-24(28)19-13-21(27-20-5-3-2-4-18(19)20)16-8-11-22-23(12-16)32-14-31-22/h2-13H,14H2,1H3,(H,26,28). The van der Waals surface area contributed by atoms with Crippen molar-refractivity contribution in [3.05, 3.63) is 83.9 Å². The molecule has 0 bridgehead atoms. The molecule has 1 N–H and O–H groups in total. The van der Waals surface area contributed by atoms with E-state index in [4.69, 9.17) is 19.2 Å². The molecular formula is C25H18N2O5. The van der Waals surface area contributed by atoms with E-state index in [1.165, 1.54) is 7.11 Å². The Morgan fingerprint density at radius 1 is 0.938 bits per heavy atom. The summed E-state index contributed by atoms with van der Waals surface area (Å²) in [5, 5.41) is 3.63. The average Bonchev–Trinajstić information content (AvgIpc) is 3.31. The van der Waals surface area contributed by atoms with Crippen molar-refractivity contribution in [3.63, 3.8) is 0 Å². The van der Waals surface area contributed by atoms with Gasteiger partial charge in [0.1, 0.15) is 0 Å². The fraction of sp³-hybridized carbons (Fsp3) is 0.0800. The number of fused-ring (bicyclic) bond motifs is 2. The molecule has 5 rings (SSSR count). The van der Waals surface area contributed by atoms with E-state index in [1.54, 1.807) is 30.3 Å². The highest BCUT2D eigenvalue weighted by Gasteiger charge is 2.18. The first kappa shape index (κ1) is 19.6. The molecule has 4 aromatic rings. The Balaban J connectivity index is 1.51. The number of para-hydroxylation sites is 1. The van der Waals surface area contributed by atoms with Crippen LogP contribution in [0.4, 0.5) is 5.69 Å². The Morgan fingerprint density at radius 2 is 1.72 bits per heavy atom. The number of esters is 1. The zero-order chi connectivity index (χ0) is 22.1. The molecule has 2 heterocycles. The Bertz CT molecular complexity index is 1350. The maximum Gasteiger partial charge on any atom is 0.337 e. The number of carbonyl (C=O) groups is 2. The van der Waals surface area contributed by atoms with Gasteiger partial charge in [0.15, 0.2) is 11.5 Å². The second-order valence-electron chi connectivity index (χ2n) is 7.16. The Hall–Kier alpha value is -4.39. The quantitative estimate of drug-likeness (QED) is 0.477. The summed E-state index contributed by atoms with van der Waals surface area (Å²) >= 11 is 0. The molecule has 0 saturated carbocycles. The molecule has 0 saturated heterocycles. The summed E-state index contributed by atoms with van der Waals surface area (Å²) in [5.74, 6) is 0.616. The number of amides is 1. The van der Waals surface area contributed by atoms with E-state index >= 15 is 0 Å². The highest BCUT2D eigenvalue weighted by atomic mass is 16.7. The predicted octanol–water partition coefficient (Wildman–Crippen LogP) is 4.67. The predicted molar refractivity (Wildman–Crippen MR) is 119 cm³/mol. The molecule has 1 aliphatic heterocycles. The normalized spacial score (nSPS) is 11.9. The zero-order valence-electron chi connectivity index (χ0n) is 17.1. The van der Waals surface area contributed by atoms with E-state index in [1.807, 2.05) is 42.5 Å². The number of pyridine rings is 1. The third-order valence-electron chi connectivity index (χ3n) is 5.19. The minimum absolute atomic E-state index is 0.187. The minimum atomic E-state index is -0.434. The SMILES string of the molecule is COC(=O)c1ccc(NC(=O)c2cc(-c3ccc4c(c3)OCO4)nc3ccccc23)cc1. The molecule has 0 atom stereocenters. The van der Waals surface area contributed by atoms with Gasteiger partial charge in [0.05, 0.1) is 29.4 Å². The van der Waals surface area contributed by atoms with Crippen LogP contribution in [0.15, 0.2) is 72.8 Å². The van der Waals surface area contributed by atoms with E-state index < -0.39 is 5.97 Å². The van der Waals surface area contributed by atoms with Crippen molar-refractivity contribution in [1.82, 2.24) is 4.98 Å². The van der Waals surface area contributed by atoms with E-state index in [9.17, 15) is 9.59 Å². The fourth-order valence-electron chi connectivity index (χ4n) is 3.57. The number of benzene rings is 3. The zero-order valence-corrected chi connectivity index (χ0v) is 17.1. The van der Waals surface area contributed by atoms with Crippen molar-refractivity contribution in [1.29, 1.82) is 0 Å². The lowest BCUT2D eigenvalue weighted by atomic mass is 10.0. The van der Waals surface area contributed by atoms with Crippen LogP contribution in [0.25, 0.3) is 22.2 Å². The van der Waals surface area contributed by atoms with Gasteiger partial charge in [-0.1, -0.05) is 18.2 Å². The van der Waals surface area contributed by atoms with Gasteiger partial charge in [-0.2, -0.15) is 0 Å². The van der Waals surface area contributed by atoms with Crippen LogP contribution in [0.5, 0.6) is 11.5 Å². The molecule has 0 spiro atoms. The summed E-state index contributed by atoms with van der Waals surface area (Å²) in [4.78, 5) is 29.6. The van der Waals surface area contributed by atoms with E-state index in [0.29, 0.717) is 39.5 Å². The summed E-state index contributed by atoms with van der Waals surface area (Å²) in [6.07, 6.45) is 0. The van der Waals surface area contributed by atoms with Crippen molar-refractivity contribution in [2.24, 2.45) is 0 Å². The topological polar surface area (TPSA) is 86.8 Å². The molecule has 158 valence electrons. The van der Waals surface area contributed by atoms with Gasteiger partial charge in [-0.3, -0.25) is 4.79 Å². The molecule has 0 radical (unpaired) electrons. The molecule has 0 aliphatic carbocycles. The maximum absolute atomic E-state index is 13.2. The van der Waals surface area contributed by atoms with Crippen LogP contribution in [0.1, 0.15) is 20.7 Å².